The number of nitrogens with zero attached hydrogens (tertiary/aromatic N) is 3. The smallest absolute Gasteiger partial charge is 0.416 e. The summed E-state index contributed by atoms with van der Waals surface area (Å²) in [7, 11) is -3.26. The van der Waals surface area contributed by atoms with Gasteiger partial charge in [-0.3, -0.25) is 19.3 Å². The number of amides is 2. The second-order valence-electron chi connectivity index (χ2n) is 13.2. The molecule has 3 heterocycles. The predicted molar refractivity (Wildman–Crippen MR) is 179 cm³/mol. The van der Waals surface area contributed by atoms with Gasteiger partial charge in [0, 0.05) is 25.6 Å². The van der Waals surface area contributed by atoms with Crippen molar-refractivity contribution >= 4 is 39.1 Å². The Morgan fingerprint density at radius 1 is 0.911 bits per heavy atom. The fourth-order valence-electron chi connectivity index (χ4n) is 7.56. The van der Waals surface area contributed by atoms with Crippen LogP contribution in [0.3, 0.4) is 0 Å². The maximum absolute atomic E-state index is 13.9. The molecule has 2 unspecified atom stereocenters. The number of sulfonamides is 1. The first-order chi connectivity index (χ1) is 21.7. The number of anilines is 3. The third-order valence-corrected chi connectivity index (χ3v) is 11.7. The zero-order chi connectivity index (χ0) is 31.6. The number of hydrogen-bond acceptors (Lipinski definition) is 6. The molecular weight excluding hydrogens is 588 g/mol. The number of allylic oxidation sites excluding steroid dienone is 1. The predicted octanol–water partition coefficient (Wildman–Crippen LogP) is 6.73. The van der Waals surface area contributed by atoms with Crippen molar-refractivity contribution in [3.05, 3.63) is 54.6 Å². The van der Waals surface area contributed by atoms with Gasteiger partial charge in [-0.25, -0.2) is 13.2 Å². The number of hydrogen-bond donors (Lipinski definition) is 1. The summed E-state index contributed by atoms with van der Waals surface area (Å²) in [6.07, 6.45) is 15.4. The standard InChI is InChI=1S/C35H46N4O5S/c1-26-25-37(34(41)44-33-12-10-21-35(36-33)19-8-6-4-3-5-7-9-20-35)32-24-29(15-18-31(32)39(26)27(2)40)28-13-16-30(17-14-28)38-22-11-23-45(38,42)43/h6,8,13-18,24,26,33,36H,3-5,7,9-12,19-23,25H2,1-2H3/b8-6-/t26-,33?,35?/m0/s1. The molecule has 1 aliphatic carbocycles. The van der Waals surface area contributed by atoms with Crippen molar-refractivity contribution in [2.24, 2.45) is 0 Å². The molecule has 3 atom stereocenters. The molecule has 0 bridgehead atoms. The first-order valence-corrected chi connectivity index (χ1v) is 18.2. The Labute approximate surface area is 267 Å². The normalized spacial score (nSPS) is 27.6. The molecule has 1 N–H and O–H groups in total. The zero-order valence-electron chi connectivity index (χ0n) is 26.5. The fraction of sp³-hybridized carbons (Fsp3) is 0.543. The van der Waals surface area contributed by atoms with Gasteiger partial charge in [-0.1, -0.05) is 49.6 Å². The molecule has 0 saturated carbocycles. The van der Waals surface area contributed by atoms with Crippen LogP contribution < -0.4 is 19.4 Å². The summed E-state index contributed by atoms with van der Waals surface area (Å²) >= 11 is 0. The van der Waals surface area contributed by atoms with E-state index in [1.54, 1.807) is 16.7 Å². The van der Waals surface area contributed by atoms with Gasteiger partial charge >= 0.3 is 6.09 Å². The van der Waals surface area contributed by atoms with Gasteiger partial charge in [-0.05, 0) is 93.7 Å². The molecule has 0 aromatic heterocycles. The second-order valence-corrected chi connectivity index (χ2v) is 15.2. The van der Waals surface area contributed by atoms with Gasteiger partial charge in [0.15, 0.2) is 6.23 Å². The zero-order valence-corrected chi connectivity index (χ0v) is 27.4. The van der Waals surface area contributed by atoms with Crippen LogP contribution in [-0.2, 0) is 19.6 Å². The van der Waals surface area contributed by atoms with Gasteiger partial charge in [0.05, 0.1) is 28.9 Å². The van der Waals surface area contributed by atoms with Crippen LogP contribution in [0.1, 0.15) is 84.5 Å². The average molecular weight is 635 g/mol. The average Bonchev–Trinajstić information content (AvgIpc) is 3.38. The van der Waals surface area contributed by atoms with Gasteiger partial charge in [0.25, 0.3) is 0 Å². The van der Waals surface area contributed by atoms with Crippen molar-refractivity contribution in [2.45, 2.75) is 102 Å². The van der Waals surface area contributed by atoms with E-state index >= 15 is 0 Å². The lowest BCUT2D eigenvalue weighted by molar-refractivity contribution is -0.117. The van der Waals surface area contributed by atoms with Crippen LogP contribution >= 0.6 is 0 Å². The van der Waals surface area contributed by atoms with Crippen LogP contribution in [0.2, 0.25) is 0 Å². The number of ether oxygens (including phenoxy) is 1. The van der Waals surface area contributed by atoms with Crippen LogP contribution in [0.25, 0.3) is 11.1 Å². The van der Waals surface area contributed by atoms with Crippen LogP contribution in [0.5, 0.6) is 0 Å². The lowest BCUT2D eigenvalue weighted by atomic mass is 9.80. The van der Waals surface area contributed by atoms with Crippen molar-refractivity contribution < 1.29 is 22.7 Å². The number of fused-ring (bicyclic) bond motifs is 1. The second kappa shape index (κ2) is 13.2. The SMILES string of the molecule is CC(=O)N1c2ccc(-c3ccc(N4CCCS4(=O)=O)cc3)cc2N(C(=O)OC2CCCC3(C/C=C\CCCCCC3)N2)C[C@@H]1C. The van der Waals surface area contributed by atoms with E-state index in [2.05, 4.69) is 17.5 Å². The minimum absolute atomic E-state index is 0.0523. The third kappa shape index (κ3) is 6.77. The third-order valence-electron chi connectivity index (χ3n) is 9.84. The molecule has 2 amide bonds. The highest BCUT2D eigenvalue weighted by atomic mass is 32.2. The number of piperidine rings is 1. The van der Waals surface area contributed by atoms with E-state index in [9.17, 15) is 18.0 Å². The quantitative estimate of drug-likeness (QED) is 0.376. The summed E-state index contributed by atoms with van der Waals surface area (Å²) in [6, 6.07) is 13.0. The van der Waals surface area contributed by atoms with E-state index in [1.165, 1.54) is 30.0 Å². The topological polar surface area (TPSA) is 99.3 Å². The van der Waals surface area contributed by atoms with Crippen molar-refractivity contribution in [1.29, 1.82) is 0 Å². The maximum Gasteiger partial charge on any atom is 0.416 e. The molecule has 0 radical (unpaired) electrons. The summed E-state index contributed by atoms with van der Waals surface area (Å²) in [5, 5.41) is 3.76. The Hall–Kier alpha value is -3.37. The lowest BCUT2D eigenvalue weighted by Gasteiger charge is -2.44. The highest BCUT2D eigenvalue weighted by Gasteiger charge is 2.39. The van der Waals surface area contributed by atoms with Crippen LogP contribution in [0.4, 0.5) is 21.9 Å². The first kappa shape index (κ1) is 31.6. The molecule has 2 aromatic rings. The number of nitrogens with one attached hydrogen (secondary N) is 1. The Balaban J connectivity index is 1.25. The molecule has 2 aromatic carbocycles. The molecule has 3 aliphatic heterocycles. The van der Waals surface area contributed by atoms with Crippen molar-refractivity contribution in [3.8, 4) is 11.1 Å². The monoisotopic (exact) mass is 634 g/mol. The molecule has 242 valence electrons. The lowest BCUT2D eigenvalue weighted by Crippen LogP contribution is -2.57. The summed E-state index contributed by atoms with van der Waals surface area (Å²) < 4.78 is 32.5. The molecule has 45 heavy (non-hydrogen) atoms. The summed E-state index contributed by atoms with van der Waals surface area (Å²) in [4.78, 5) is 30.1. The van der Waals surface area contributed by atoms with E-state index in [-0.39, 0.29) is 29.5 Å². The number of benzene rings is 2. The molecular formula is C35H46N4O5S. The fourth-order valence-corrected chi connectivity index (χ4v) is 9.12. The molecule has 9 nitrogen and oxygen atoms in total. The van der Waals surface area contributed by atoms with E-state index in [1.807, 2.05) is 49.4 Å². The van der Waals surface area contributed by atoms with E-state index in [0.717, 1.165) is 49.7 Å². The Morgan fingerprint density at radius 3 is 2.42 bits per heavy atom. The number of carbonyl (C=O) groups is 2. The molecule has 1 spiro atoms. The van der Waals surface area contributed by atoms with Gasteiger partial charge in [0.2, 0.25) is 15.9 Å². The molecule has 6 rings (SSSR count). The highest BCUT2D eigenvalue weighted by molar-refractivity contribution is 7.93. The van der Waals surface area contributed by atoms with Gasteiger partial charge < -0.3 is 9.64 Å². The van der Waals surface area contributed by atoms with Gasteiger partial charge in [-0.2, -0.15) is 0 Å². The van der Waals surface area contributed by atoms with Crippen LogP contribution in [0.15, 0.2) is 54.6 Å². The summed E-state index contributed by atoms with van der Waals surface area (Å²) in [5.41, 5.74) is 3.66. The maximum atomic E-state index is 13.9. The van der Waals surface area contributed by atoms with Crippen molar-refractivity contribution in [3.63, 3.8) is 0 Å². The van der Waals surface area contributed by atoms with E-state index in [0.29, 0.717) is 36.6 Å². The van der Waals surface area contributed by atoms with Gasteiger partial charge in [-0.15, -0.1) is 0 Å². The Bertz CT molecular complexity index is 1540. The number of rotatable bonds is 3. The Kier molecular flexibility index (Phi) is 9.24. The summed E-state index contributed by atoms with van der Waals surface area (Å²) in [6.45, 7) is 4.31. The van der Waals surface area contributed by atoms with Crippen molar-refractivity contribution in [2.75, 3.05) is 32.9 Å². The van der Waals surface area contributed by atoms with E-state index < -0.39 is 16.1 Å². The highest BCUT2D eigenvalue weighted by Crippen LogP contribution is 2.40. The van der Waals surface area contributed by atoms with Gasteiger partial charge in [0.1, 0.15) is 0 Å². The summed E-state index contributed by atoms with van der Waals surface area (Å²) in [5.74, 6) is 0.0889. The van der Waals surface area contributed by atoms with Crippen molar-refractivity contribution in [1.82, 2.24) is 5.32 Å². The minimum Gasteiger partial charge on any atom is -0.430 e. The molecule has 2 fully saturated rings. The first-order valence-electron chi connectivity index (χ1n) is 16.6. The van der Waals surface area contributed by atoms with Crippen LogP contribution in [-0.4, -0.2) is 57.1 Å². The molecule has 2 saturated heterocycles. The largest absolute Gasteiger partial charge is 0.430 e. The number of carbonyl (C=O) groups excluding carboxylic acids is 2. The molecule has 4 aliphatic rings. The Morgan fingerprint density at radius 2 is 1.67 bits per heavy atom. The van der Waals surface area contributed by atoms with Crippen LogP contribution in [0, 0.1) is 0 Å². The van der Waals surface area contributed by atoms with E-state index in [4.69, 9.17) is 4.74 Å². The minimum atomic E-state index is -3.26. The molecule has 10 heteroatoms.